The predicted molar refractivity (Wildman–Crippen MR) is 93.0 cm³/mol. The lowest BCUT2D eigenvalue weighted by Crippen LogP contribution is -2.49. The van der Waals surface area contributed by atoms with Crippen molar-refractivity contribution in [2.45, 2.75) is 45.7 Å². The van der Waals surface area contributed by atoms with Crippen LogP contribution in [0.5, 0.6) is 5.75 Å². The molecule has 24 heavy (non-hydrogen) atoms. The zero-order chi connectivity index (χ0) is 17.5. The van der Waals surface area contributed by atoms with E-state index in [1.807, 2.05) is 32.9 Å². The topological polar surface area (TPSA) is 70.7 Å². The molecule has 1 fully saturated rings. The zero-order valence-corrected chi connectivity index (χ0v) is 14.7. The van der Waals surface area contributed by atoms with Gasteiger partial charge >= 0.3 is 6.03 Å². The van der Waals surface area contributed by atoms with E-state index in [4.69, 9.17) is 4.74 Å². The van der Waals surface area contributed by atoms with E-state index in [2.05, 4.69) is 27.7 Å². The number of likely N-dealkylation sites (tertiary alicyclic amines) is 1. The molecular formula is C18H27N3O3. The number of carbonyl (C=O) groups excluding carboxylic acids is 2. The fourth-order valence-corrected chi connectivity index (χ4v) is 3.14. The van der Waals surface area contributed by atoms with Crippen LogP contribution in [0.1, 0.15) is 45.2 Å². The molecule has 6 nitrogen and oxygen atoms in total. The summed E-state index contributed by atoms with van der Waals surface area (Å²) in [7, 11) is 0. The van der Waals surface area contributed by atoms with Crippen molar-refractivity contribution >= 4 is 11.9 Å². The largest absolute Gasteiger partial charge is 0.494 e. The van der Waals surface area contributed by atoms with Crippen molar-refractivity contribution < 1.29 is 14.3 Å². The number of hydrogen-bond donors (Lipinski definition) is 2. The Kier molecular flexibility index (Phi) is 6.61. The molecule has 0 saturated carbocycles. The number of benzene rings is 1. The van der Waals surface area contributed by atoms with E-state index >= 15 is 0 Å². The maximum absolute atomic E-state index is 12.3. The van der Waals surface area contributed by atoms with Crippen LogP contribution in [0.2, 0.25) is 0 Å². The molecule has 2 atom stereocenters. The van der Waals surface area contributed by atoms with Gasteiger partial charge in [0, 0.05) is 12.6 Å². The van der Waals surface area contributed by atoms with E-state index in [-0.39, 0.29) is 18.0 Å². The fraction of sp³-hybridized carbons (Fsp3) is 0.556. The number of rotatable bonds is 6. The van der Waals surface area contributed by atoms with Gasteiger partial charge in [-0.2, -0.15) is 0 Å². The molecule has 1 aromatic carbocycles. The molecule has 2 unspecified atom stereocenters. The number of ether oxygens (including phenoxy) is 1. The maximum atomic E-state index is 12.3. The second-order valence-electron chi connectivity index (χ2n) is 5.92. The molecule has 1 saturated heterocycles. The van der Waals surface area contributed by atoms with Gasteiger partial charge in [0.05, 0.1) is 12.6 Å². The number of urea groups is 1. The summed E-state index contributed by atoms with van der Waals surface area (Å²) in [5, 5.41) is 4.98. The monoisotopic (exact) mass is 333 g/mol. The third-order valence-corrected chi connectivity index (χ3v) is 4.32. The summed E-state index contributed by atoms with van der Waals surface area (Å²) in [4.78, 5) is 26.0. The van der Waals surface area contributed by atoms with Crippen LogP contribution >= 0.6 is 0 Å². The van der Waals surface area contributed by atoms with Gasteiger partial charge in [0.15, 0.2) is 0 Å². The number of nitrogens with one attached hydrogen (secondary N) is 2. The molecule has 0 aromatic heterocycles. The second kappa shape index (κ2) is 8.68. The molecule has 3 amide bonds. The van der Waals surface area contributed by atoms with Crippen LogP contribution in [0.25, 0.3) is 0 Å². The fourth-order valence-electron chi connectivity index (χ4n) is 3.14. The van der Waals surface area contributed by atoms with E-state index in [0.717, 1.165) is 25.1 Å². The first-order valence-corrected chi connectivity index (χ1v) is 8.64. The standard InChI is InChI=1S/C18H27N3O3/c1-4-19-18(23)20-17(22)13(3)21-12-6-7-16(21)14-8-10-15(11-9-14)24-5-2/h8-11,13,16H,4-7,12H2,1-3H3,(H2,19,20,22,23). The van der Waals surface area contributed by atoms with Gasteiger partial charge in [-0.25, -0.2) is 4.79 Å². The lowest BCUT2D eigenvalue weighted by atomic mass is 10.0. The number of carbonyl (C=O) groups is 2. The first-order chi connectivity index (χ1) is 11.6. The highest BCUT2D eigenvalue weighted by molar-refractivity contribution is 5.96. The molecule has 6 heteroatoms. The molecule has 0 bridgehead atoms. The molecule has 0 aliphatic carbocycles. The van der Waals surface area contributed by atoms with Gasteiger partial charge in [0.25, 0.3) is 0 Å². The average molecular weight is 333 g/mol. The highest BCUT2D eigenvalue weighted by Gasteiger charge is 2.33. The van der Waals surface area contributed by atoms with Gasteiger partial charge in [0.2, 0.25) is 5.91 Å². The molecule has 1 heterocycles. The van der Waals surface area contributed by atoms with E-state index in [1.54, 1.807) is 0 Å². The molecule has 2 rings (SSSR count). The molecule has 0 radical (unpaired) electrons. The Labute approximate surface area is 143 Å². The first kappa shape index (κ1) is 18.3. The van der Waals surface area contributed by atoms with Crippen molar-refractivity contribution in [3.63, 3.8) is 0 Å². The van der Waals surface area contributed by atoms with Crippen LogP contribution < -0.4 is 15.4 Å². The van der Waals surface area contributed by atoms with E-state index < -0.39 is 6.03 Å². The summed E-state index contributed by atoms with van der Waals surface area (Å²) >= 11 is 0. The average Bonchev–Trinajstić information content (AvgIpc) is 3.04. The molecule has 0 spiro atoms. The third kappa shape index (κ3) is 4.47. The zero-order valence-electron chi connectivity index (χ0n) is 14.7. The summed E-state index contributed by atoms with van der Waals surface area (Å²) in [6.45, 7) is 7.61. The number of hydrogen-bond acceptors (Lipinski definition) is 4. The summed E-state index contributed by atoms with van der Waals surface area (Å²) < 4.78 is 5.48. The van der Waals surface area contributed by atoms with E-state index in [0.29, 0.717) is 13.2 Å². The van der Waals surface area contributed by atoms with Gasteiger partial charge in [0.1, 0.15) is 5.75 Å². The van der Waals surface area contributed by atoms with Crippen LogP contribution in [0.4, 0.5) is 4.79 Å². The Balaban J connectivity index is 2.03. The number of imide groups is 1. The van der Waals surface area contributed by atoms with Gasteiger partial charge in [-0.3, -0.25) is 15.0 Å². The second-order valence-corrected chi connectivity index (χ2v) is 5.92. The third-order valence-electron chi connectivity index (χ3n) is 4.32. The Bertz CT molecular complexity index is 559. The van der Waals surface area contributed by atoms with Crippen molar-refractivity contribution in [3.8, 4) is 5.75 Å². The van der Waals surface area contributed by atoms with Gasteiger partial charge in [-0.05, 0) is 57.9 Å². The Morgan fingerprint density at radius 1 is 1.29 bits per heavy atom. The summed E-state index contributed by atoms with van der Waals surface area (Å²) in [6, 6.07) is 7.45. The Morgan fingerprint density at radius 2 is 2.00 bits per heavy atom. The van der Waals surface area contributed by atoms with Crippen LogP contribution in [0.15, 0.2) is 24.3 Å². The molecule has 1 aliphatic heterocycles. The highest BCUT2D eigenvalue weighted by atomic mass is 16.5. The van der Waals surface area contributed by atoms with E-state index in [9.17, 15) is 9.59 Å². The van der Waals surface area contributed by atoms with Gasteiger partial charge in [-0.15, -0.1) is 0 Å². The van der Waals surface area contributed by atoms with Crippen molar-refractivity contribution in [2.24, 2.45) is 0 Å². The van der Waals surface area contributed by atoms with Crippen LogP contribution in [-0.4, -0.2) is 42.6 Å². The highest BCUT2D eigenvalue weighted by Crippen LogP contribution is 2.34. The van der Waals surface area contributed by atoms with Crippen LogP contribution in [-0.2, 0) is 4.79 Å². The minimum absolute atomic E-state index is 0.190. The summed E-state index contributed by atoms with van der Waals surface area (Å²) in [5.41, 5.74) is 1.17. The normalized spacial score (nSPS) is 18.9. The smallest absolute Gasteiger partial charge is 0.321 e. The summed E-state index contributed by atoms with van der Waals surface area (Å²) in [5.74, 6) is 0.589. The lowest BCUT2D eigenvalue weighted by Gasteiger charge is -2.30. The quantitative estimate of drug-likeness (QED) is 0.839. The molecule has 1 aromatic rings. The Morgan fingerprint density at radius 3 is 2.62 bits per heavy atom. The maximum Gasteiger partial charge on any atom is 0.321 e. The first-order valence-electron chi connectivity index (χ1n) is 8.64. The predicted octanol–water partition coefficient (Wildman–Crippen LogP) is 2.46. The van der Waals surface area contributed by atoms with Crippen molar-refractivity contribution in [1.82, 2.24) is 15.5 Å². The lowest BCUT2D eigenvalue weighted by molar-refractivity contribution is -0.125. The molecular weight excluding hydrogens is 306 g/mol. The number of amides is 3. The van der Waals surface area contributed by atoms with E-state index in [1.165, 1.54) is 5.56 Å². The minimum atomic E-state index is -0.439. The number of nitrogens with zero attached hydrogens (tertiary/aromatic N) is 1. The van der Waals surface area contributed by atoms with Crippen molar-refractivity contribution in [1.29, 1.82) is 0 Å². The SMILES string of the molecule is CCNC(=O)NC(=O)C(C)N1CCCC1c1ccc(OCC)cc1. The molecule has 1 aliphatic rings. The Hall–Kier alpha value is -2.08. The van der Waals surface area contributed by atoms with Gasteiger partial charge in [-0.1, -0.05) is 12.1 Å². The van der Waals surface area contributed by atoms with Crippen LogP contribution in [0.3, 0.4) is 0 Å². The van der Waals surface area contributed by atoms with Gasteiger partial charge < -0.3 is 10.1 Å². The molecule has 132 valence electrons. The summed E-state index contributed by atoms with van der Waals surface area (Å²) in [6.07, 6.45) is 2.05. The van der Waals surface area contributed by atoms with Crippen molar-refractivity contribution in [2.75, 3.05) is 19.7 Å². The molecule has 2 N–H and O–H groups in total. The minimum Gasteiger partial charge on any atom is -0.494 e. The van der Waals surface area contributed by atoms with Crippen molar-refractivity contribution in [3.05, 3.63) is 29.8 Å². The van der Waals surface area contributed by atoms with Crippen LogP contribution in [0, 0.1) is 0 Å².